The second-order valence-corrected chi connectivity index (χ2v) is 26.5. The number of nitrogens with one attached hydrogen (secondary N) is 5. The number of nitrogens with zero attached hydrogens (tertiary/aromatic N) is 4. The molecule has 3 aromatic carbocycles. The molecular formula is C60H73ClFN10O14PS. The normalized spacial score (nSPS) is 19.9. The predicted molar refractivity (Wildman–Crippen MR) is 323 cm³/mol. The van der Waals surface area contributed by atoms with Gasteiger partial charge in [-0.1, -0.05) is 56.6 Å². The average Bonchev–Trinajstić information content (AvgIpc) is 1.89. The van der Waals surface area contributed by atoms with E-state index in [0.717, 1.165) is 27.8 Å². The Morgan fingerprint density at radius 3 is 2.32 bits per heavy atom. The number of amides is 8. The number of nitrogens with two attached hydrogens (primary N) is 1. The molecule has 8 atom stereocenters. The molecule has 88 heavy (non-hydrogen) atoms. The fraction of sp³-hybridized carbons (Fsp3) is 0.467. The Morgan fingerprint density at radius 2 is 1.66 bits per heavy atom. The van der Waals surface area contributed by atoms with E-state index < -0.39 is 114 Å². The largest absolute Gasteiger partial charge is 0.490 e. The molecule has 3 saturated heterocycles. The van der Waals surface area contributed by atoms with Gasteiger partial charge in [-0.15, -0.1) is 11.3 Å². The molecule has 0 spiro atoms. The lowest BCUT2D eigenvalue weighted by Gasteiger charge is -2.38. The predicted octanol–water partition coefficient (Wildman–Crippen LogP) is 4.94. The number of aromatic nitrogens is 2. The standard InChI is InChI=1S/C60H73ClFN10O14PS/c1-31(34-10-12-35(13-11-34)52-32(2)64-30-88-52)65-56(79)47-26-42(74)27-71(47)58(81)53(60(4,5)6)69-50(76)9-7-8-36-23-39(62)25-48(51(36)61)86-29-40(15-19-49(63)75)66-55(78)46-18-16-41-20-21-70(33(3)73)28-45(57(80)72(41)46)68-54(77)44-24-38-22-37(14-17-43(38)67-44)59(82)87(83,84)85/h10-14,17,22-25,30-31,40-42,45-47,53,67,74H,7-9,15-16,18-21,26-29H2,1-6H3,(H2,63,75)(H,65,79)(H,66,78)(H,68,77)(H,69,76)(H2,83,84,85)/t31-,40-,41+,42+,45-,46-,47-,53+/m0/s1. The highest BCUT2D eigenvalue weighted by Gasteiger charge is 2.47. The van der Waals surface area contributed by atoms with Crippen LogP contribution in [-0.4, -0.2) is 161 Å². The van der Waals surface area contributed by atoms with Crippen molar-refractivity contribution in [1.29, 1.82) is 0 Å². The van der Waals surface area contributed by atoms with Gasteiger partial charge in [0.1, 0.15) is 48.0 Å². The van der Waals surface area contributed by atoms with Crippen LogP contribution in [0.1, 0.15) is 130 Å². The number of aliphatic hydroxyl groups is 1. The number of halogens is 2. The van der Waals surface area contributed by atoms with Gasteiger partial charge in [0.15, 0.2) is 0 Å². The second kappa shape index (κ2) is 27.8. The van der Waals surface area contributed by atoms with Crippen LogP contribution in [0.4, 0.5) is 4.39 Å². The first-order valence-corrected chi connectivity index (χ1v) is 31.7. The summed E-state index contributed by atoms with van der Waals surface area (Å²) in [4.78, 5) is 153. The van der Waals surface area contributed by atoms with Gasteiger partial charge in [-0.05, 0) is 105 Å². The number of primary amides is 1. The number of aryl methyl sites for hydroxylation is 2. The summed E-state index contributed by atoms with van der Waals surface area (Å²) in [7, 11) is -5.11. The van der Waals surface area contributed by atoms with E-state index in [1.54, 1.807) is 26.3 Å². The summed E-state index contributed by atoms with van der Waals surface area (Å²) in [6.45, 7) is 9.85. The maximum Gasteiger partial charge on any atom is 0.396 e. The van der Waals surface area contributed by atoms with Crippen molar-refractivity contribution in [2.45, 2.75) is 148 Å². The van der Waals surface area contributed by atoms with Crippen LogP contribution in [0.5, 0.6) is 5.75 Å². The Balaban J connectivity index is 0.882. The first-order chi connectivity index (χ1) is 41.5. The van der Waals surface area contributed by atoms with Crippen LogP contribution < -0.4 is 31.7 Å². The number of hydrogen-bond donors (Lipinski definition) is 9. The Hall–Kier alpha value is -7.61. The van der Waals surface area contributed by atoms with E-state index in [9.17, 15) is 62.6 Å². The van der Waals surface area contributed by atoms with Gasteiger partial charge < -0.3 is 66.3 Å². The number of benzene rings is 3. The number of β-amino-alcohol motifs (C(OH)–C–C–N with tert-alkyl or cyclic N) is 1. The maximum absolute atomic E-state index is 15.4. The molecule has 0 radical (unpaired) electrons. The molecule has 0 aliphatic carbocycles. The molecular weight excluding hydrogens is 1200 g/mol. The van der Waals surface area contributed by atoms with Crippen molar-refractivity contribution in [3.8, 4) is 16.2 Å². The molecule has 3 aliphatic rings. The van der Waals surface area contributed by atoms with Crippen LogP contribution in [0.2, 0.25) is 5.02 Å². The lowest BCUT2D eigenvalue weighted by molar-refractivity contribution is -0.145. The fourth-order valence-electron chi connectivity index (χ4n) is 11.4. The molecule has 24 nitrogen and oxygen atoms in total. The van der Waals surface area contributed by atoms with Crippen molar-refractivity contribution < 1.29 is 71.7 Å². The number of aromatic amines is 1. The highest BCUT2D eigenvalue weighted by Crippen LogP contribution is 2.40. The number of rotatable bonds is 22. The number of H-pyrrole nitrogens is 1. The molecule has 3 aliphatic heterocycles. The van der Waals surface area contributed by atoms with Crippen LogP contribution in [0.3, 0.4) is 0 Å². The van der Waals surface area contributed by atoms with Crippen LogP contribution in [0, 0.1) is 18.2 Å². The monoisotopic (exact) mass is 1270 g/mol. The Kier molecular flexibility index (Phi) is 21.0. The minimum atomic E-state index is -5.11. The van der Waals surface area contributed by atoms with Crippen molar-refractivity contribution in [2.75, 3.05) is 26.2 Å². The number of ether oxygens (including phenoxy) is 1. The van der Waals surface area contributed by atoms with Gasteiger partial charge >= 0.3 is 7.60 Å². The lowest BCUT2D eigenvalue weighted by atomic mass is 9.85. The molecule has 5 heterocycles. The summed E-state index contributed by atoms with van der Waals surface area (Å²) in [5.74, 6) is -5.50. The third-order valence-corrected chi connectivity index (χ3v) is 18.3. The molecule has 0 unspecified atom stereocenters. The van der Waals surface area contributed by atoms with Crippen LogP contribution in [0.15, 0.2) is 66.2 Å². The number of carbonyl (C=O) groups excluding carboxylic acids is 9. The molecule has 3 fully saturated rings. The maximum atomic E-state index is 15.4. The number of thiazole rings is 1. The molecule has 8 amide bonds. The molecule has 10 N–H and O–H groups in total. The lowest BCUT2D eigenvalue weighted by Crippen LogP contribution is -2.61. The Bertz CT molecular complexity index is 3550. The van der Waals surface area contributed by atoms with Gasteiger partial charge in [-0.2, -0.15) is 0 Å². The third-order valence-electron chi connectivity index (χ3n) is 16.1. The van der Waals surface area contributed by atoms with Crippen molar-refractivity contribution in [3.63, 3.8) is 0 Å². The topological polar surface area (TPSA) is 353 Å². The van der Waals surface area contributed by atoms with E-state index >= 15 is 4.39 Å². The van der Waals surface area contributed by atoms with Crippen LogP contribution >= 0.6 is 30.5 Å². The molecule has 0 bridgehead atoms. The van der Waals surface area contributed by atoms with Crippen molar-refractivity contribution in [1.82, 2.24) is 45.9 Å². The first-order valence-electron chi connectivity index (χ1n) is 28.9. The summed E-state index contributed by atoms with van der Waals surface area (Å²) < 4.78 is 33.0. The van der Waals surface area contributed by atoms with E-state index in [-0.39, 0.29) is 110 Å². The molecule has 472 valence electrons. The number of likely N-dealkylation sites (tertiary alicyclic amines) is 1. The number of carbonyl (C=O) groups is 9. The van der Waals surface area contributed by atoms with Crippen LogP contribution in [-0.2, 0) is 44.5 Å². The molecule has 0 saturated carbocycles. The van der Waals surface area contributed by atoms with Gasteiger partial charge in [0.05, 0.1) is 39.3 Å². The zero-order valence-corrected chi connectivity index (χ0v) is 51.9. The zero-order valence-electron chi connectivity index (χ0n) is 49.5. The number of aliphatic hydroxyl groups excluding tert-OH is 1. The number of fused-ring (bicyclic) bond motifs is 2. The fourth-order valence-corrected chi connectivity index (χ4v) is 13.0. The zero-order chi connectivity index (χ0) is 64.1. The minimum absolute atomic E-state index is 0.000151. The Morgan fingerprint density at radius 1 is 0.943 bits per heavy atom. The SMILES string of the molecule is CC(=O)N1CC[C@H]2CC[C@@H](C(=O)N[C@@H](CCC(N)=O)COc3cc(F)cc(CCCC(=O)N[C@H](C(=O)N4C[C@H](O)C[C@H]4C(=O)N[C@@H](C)c4ccc(-c5scnc5C)cc4)C(C)(C)C)c3Cl)N2C(=O)[C@@H](NC(=O)c2cc3cc(C(=O)P(=O)(O)O)ccc3[nH]2)C1. The summed E-state index contributed by atoms with van der Waals surface area (Å²) in [5.41, 5.74) is 8.04. The number of hydrogen-bond acceptors (Lipinski definition) is 14. The van der Waals surface area contributed by atoms with Crippen molar-refractivity contribution in [2.24, 2.45) is 11.1 Å². The first kappa shape index (κ1) is 66.3. The van der Waals surface area contributed by atoms with E-state index in [0.29, 0.717) is 18.4 Å². The van der Waals surface area contributed by atoms with Gasteiger partial charge in [-0.3, -0.25) is 47.7 Å². The Labute approximate surface area is 516 Å². The quantitative estimate of drug-likeness (QED) is 0.0414. The molecule has 8 rings (SSSR count). The summed E-state index contributed by atoms with van der Waals surface area (Å²) in [6, 6.07) is 8.55. The average molecular weight is 1280 g/mol. The summed E-state index contributed by atoms with van der Waals surface area (Å²) in [5, 5.41) is 22.4. The highest BCUT2D eigenvalue weighted by atomic mass is 35.5. The van der Waals surface area contributed by atoms with Crippen LogP contribution in [0.25, 0.3) is 21.3 Å². The molecule has 28 heteroatoms. The second-order valence-electron chi connectivity index (χ2n) is 23.7. The highest BCUT2D eigenvalue weighted by molar-refractivity contribution is 7.70. The summed E-state index contributed by atoms with van der Waals surface area (Å²) in [6.07, 6.45) is -0.300. The smallest absolute Gasteiger partial charge is 0.396 e. The van der Waals surface area contributed by atoms with E-state index in [2.05, 4.69) is 31.2 Å². The minimum Gasteiger partial charge on any atom is -0.490 e. The van der Waals surface area contributed by atoms with Gasteiger partial charge in [-0.25, -0.2) is 9.37 Å². The van der Waals surface area contributed by atoms with Gasteiger partial charge in [0.2, 0.25) is 41.4 Å². The van der Waals surface area contributed by atoms with Gasteiger partial charge in [0.25, 0.3) is 11.4 Å². The molecule has 5 aromatic rings. The van der Waals surface area contributed by atoms with Crippen molar-refractivity contribution >= 4 is 94.2 Å². The van der Waals surface area contributed by atoms with E-state index in [1.165, 1.54) is 63.3 Å². The van der Waals surface area contributed by atoms with E-state index in [1.807, 2.05) is 38.1 Å². The van der Waals surface area contributed by atoms with E-state index in [4.69, 9.17) is 22.1 Å². The van der Waals surface area contributed by atoms with Crippen molar-refractivity contribution in [3.05, 3.63) is 105 Å². The molecule has 2 aromatic heterocycles. The third kappa shape index (κ3) is 16.0. The van der Waals surface area contributed by atoms with Gasteiger partial charge in [0, 0.05) is 74.4 Å². The summed E-state index contributed by atoms with van der Waals surface area (Å²) >= 11 is 8.35.